The summed E-state index contributed by atoms with van der Waals surface area (Å²) in [7, 11) is 1.43. The predicted octanol–water partition coefficient (Wildman–Crippen LogP) is 2.84. The summed E-state index contributed by atoms with van der Waals surface area (Å²) in [6, 6.07) is 11.2. The van der Waals surface area contributed by atoms with E-state index in [0.717, 1.165) is 0 Å². The van der Waals surface area contributed by atoms with E-state index >= 15 is 0 Å². The van der Waals surface area contributed by atoms with Gasteiger partial charge in [-0.3, -0.25) is 20.4 Å². The highest BCUT2D eigenvalue weighted by molar-refractivity contribution is 6.31. The number of hydrogen-bond acceptors (Lipinski definition) is 4. The second-order valence-corrected chi connectivity index (χ2v) is 5.47. The van der Waals surface area contributed by atoms with Gasteiger partial charge >= 0.3 is 0 Å². The Bertz CT molecular complexity index is 753. The van der Waals surface area contributed by atoms with E-state index in [2.05, 4.69) is 10.9 Å². The molecule has 0 aromatic heterocycles. The van der Waals surface area contributed by atoms with Crippen LogP contribution in [-0.2, 0) is 4.79 Å². The molecule has 2 N–H and O–H groups in total. The van der Waals surface area contributed by atoms with E-state index in [0.29, 0.717) is 21.5 Å². The third-order valence-corrected chi connectivity index (χ3v) is 3.36. The number of carbonyl (C=O) groups is 2. The fraction of sp³-hybridized carbons (Fsp3) is 0.125. The van der Waals surface area contributed by atoms with Crippen molar-refractivity contribution in [3.8, 4) is 11.5 Å². The van der Waals surface area contributed by atoms with Crippen molar-refractivity contribution in [2.24, 2.45) is 0 Å². The largest absolute Gasteiger partial charge is 0.496 e. The van der Waals surface area contributed by atoms with Crippen molar-refractivity contribution in [2.75, 3.05) is 13.7 Å². The number of ether oxygens (including phenoxy) is 2. The van der Waals surface area contributed by atoms with Crippen LogP contribution in [-0.4, -0.2) is 25.5 Å². The molecule has 0 aliphatic carbocycles. The highest BCUT2D eigenvalue weighted by atomic mass is 35.5. The fourth-order valence-corrected chi connectivity index (χ4v) is 2.15. The number of hydrazine groups is 1. The van der Waals surface area contributed by atoms with E-state index in [-0.39, 0.29) is 12.2 Å². The van der Waals surface area contributed by atoms with Gasteiger partial charge in [0.25, 0.3) is 11.8 Å². The molecule has 2 amide bonds. The Kier molecular flexibility index (Phi) is 6.28. The number of nitrogens with one attached hydrogen (secondary N) is 2. The maximum Gasteiger partial charge on any atom is 0.276 e. The highest BCUT2D eigenvalue weighted by Crippen LogP contribution is 2.22. The molecule has 0 atom stereocenters. The molecule has 0 bridgehead atoms. The van der Waals surface area contributed by atoms with Gasteiger partial charge in [0.05, 0.1) is 12.7 Å². The molecule has 0 fully saturated rings. The highest BCUT2D eigenvalue weighted by Gasteiger charge is 2.14. The second-order valence-electron chi connectivity index (χ2n) is 4.59. The summed E-state index contributed by atoms with van der Waals surface area (Å²) >= 11 is 11.7. The minimum absolute atomic E-state index is 0.195. The Balaban J connectivity index is 1.87. The molecule has 126 valence electrons. The summed E-state index contributed by atoms with van der Waals surface area (Å²) in [6.07, 6.45) is 0. The first-order valence-electron chi connectivity index (χ1n) is 6.80. The Labute approximate surface area is 148 Å². The van der Waals surface area contributed by atoms with Crippen molar-refractivity contribution in [2.45, 2.75) is 0 Å². The Hall–Kier alpha value is -2.44. The monoisotopic (exact) mass is 368 g/mol. The molecule has 0 saturated carbocycles. The summed E-state index contributed by atoms with van der Waals surface area (Å²) in [5, 5.41) is 0.867. The summed E-state index contributed by atoms with van der Waals surface area (Å²) in [6.45, 7) is -0.284. The SMILES string of the molecule is COc1ccc(Cl)cc1C(=O)NNC(=O)COc1cccc(Cl)c1. The van der Waals surface area contributed by atoms with Gasteiger partial charge in [0.1, 0.15) is 11.5 Å². The number of hydrogen-bond donors (Lipinski definition) is 2. The van der Waals surface area contributed by atoms with E-state index in [1.807, 2.05) is 0 Å². The average molecular weight is 369 g/mol. The molecule has 8 heteroatoms. The Morgan fingerprint density at radius 3 is 2.50 bits per heavy atom. The lowest BCUT2D eigenvalue weighted by Gasteiger charge is -2.11. The van der Waals surface area contributed by atoms with Crippen LogP contribution in [0.1, 0.15) is 10.4 Å². The number of amides is 2. The maximum atomic E-state index is 12.1. The van der Waals surface area contributed by atoms with Crippen LogP contribution in [0.5, 0.6) is 11.5 Å². The molecule has 0 aliphatic heterocycles. The van der Waals surface area contributed by atoms with Crippen molar-refractivity contribution in [3.63, 3.8) is 0 Å². The van der Waals surface area contributed by atoms with Gasteiger partial charge in [-0.25, -0.2) is 0 Å². The third-order valence-electron chi connectivity index (χ3n) is 2.89. The molecule has 0 radical (unpaired) electrons. The molecule has 0 heterocycles. The first kappa shape index (κ1) is 17.9. The maximum absolute atomic E-state index is 12.1. The number of benzene rings is 2. The van der Waals surface area contributed by atoms with Gasteiger partial charge < -0.3 is 9.47 Å². The third kappa shape index (κ3) is 5.04. The molecule has 0 aliphatic rings. The number of carbonyl (C=O) groups excluding carboxylic acids is 2. The van der Waals surface area contributed by atoms with Crippen LogP contribution in [0.3, 0.4) is 0 Å². The van der Waals surface area contributed by atoms with Crippen molar-refractivity contribution < 1.29 is 19.1 Å². The summed E-state index contributed by atoms with van der Waals surface area (Å²) in [5.41, 5.74) is 4.70. The van der Waals surface area contributed by atoms with Gasteiger partial charge in [0.2, 0.25) is 0 Å². The molecule has 0 unspecified atom stereocenters. The molecule has 2 aromatic rings. The smallest absolute Gasteiger partial charge is 0.276 e. The van der Waals surface area contributed by atoms with E-state index < -0.39 is 11.8 Å². The summed E-state index contributed by atoms with van der Waals surface area (Å²) in [5.74, 6) is -0.323. The molecule has 24 heavy (non-hydrogen) atoms. The van der Waals surface area contributed by atoms with Gasteiger partial charge in [0, 0.05) is 10.0 Å². The topological polar surface area (TPSA) is 76.7 Å². The first-order valence-corrected chi connectivity index (χ1v) is 7.56. The van der Waals surface area contributed by atoms with Gasteiger partial charge in [-0.2, -0.15) is 0 Å². The molecule has 0 saturated heterocycles. The van der Waals surface area contributed by atoms with Crippen molar-refractivity contribution >= 4 is 35.0 Å². The van der Waals surface area contributed by atoms with E-state index in [9.17, 15) is 9.59 Å². The van der Waals surface area contributed by atoms with Gasteiger partial charge in [-0.05, 0) is 36.4 Å². The number of methoxy groups -OCH3 is 1. The predicted molar refractivity (Wildman–Crippen MR) is 90.6 cm³/mol. The Morgan fingerprint density at radius 2 is 1.79 bits per heavy atom. The Morgan fingerprint density at radius 1 is 1.04 bits per heavy atom. The molecular weight excluding hydrogens is 355 g/mol. The lowest BCUT2D eigenvalue weighted by Crippen LogP contribution is -2.43. The minimum Gasteiger partial charge on any atom is -0.496 e. The van der Waals surface area contributed by atoms with Crippen LogP contribution in [0.2, 0.25) is 10.0 Å². The zero-order chi connectivity index (χ0) is 17.5. The standard InChI is InChI=1S/C16H14Cl2N2O4/c1-23-14-6-5-11(18)8-13(14)16(22)20-19-15(21)9-24-12-4-2-3-10(17)7-12/h2-8H,9H2,1H3,(H,19,21)(H,20,22). The lowest BCUT2D eigenvalue weighted by molar-refractivity contribution is -0.123. The summed E-state index contributed by atoms with van der Waals surface area (Å²) in [4.78, 5) is 23.8. The van der Waals surface area contributed by atoms with Crippen LogP contribution in [0, 0.1) is 0 Å². The fourth-order valence-electron chi connectivity index (χ4n) is 1.79. The zero-order valence-electron chi connectivity index (χ0n) is 12.6. The van der Waals surface area contributed by atoms with Crippen LogP contribution < -0.4 is 20.3 Å². The van der Waals surface area contributed by atoms with Crippen LogP contribution >= 0.6 is 23.2 Å². The molecule has 0 spiro atoms. The number of rotatable bonds is 5. The lowest BCUT2D eigenvalue weighted by atomic mass is 10.2. The average Bonchev–Trinajstić information content (AvgIpc) is 2.58. The van der Waals surface area contributed by atoms with Crippen LogP contribution in [0.15, 0.2) is 42.5 Å². The van der Waals surface area contributed by atoms with Crippen molar-refractivity contribution in [3.05, 3.63) is 58.1 Å². The van der Waals surface area contributed by atoms with Crippen molar-refractivity contribution in [1.82, 2.24) is 10.9 Å². The van der Waals surface area contributed by atoms with Gasteiger partial charge in [0.15, 0.2) is 6.61 Å². The normalized spacial score (nSPS) is 9.96. The van der Waals surface area contributed by atoms with E-state index in [4.69, 9.17) is 32.7 Å². The molecule has 2 rings (SSSR count). The van der Waals surface area contributed by atoms with Crippen LogP contribution in [0.25, 0.3) is 0 Å². The summed E-state index contributed by atoms with van der Waals surface area (Å²) < 4.78 is 10.3. The van der Waals surface area contributed by atoms with Crippen molar-refractivity contribution in [1.29, 1.82) is 0 Å². The molecular formula is C16H14Cl2N2O4. The van der Waals surface area contributed by atoms with E-state index in [1.54, 1.807) is 36.4 Å². The van der Waals surface area contributed by atoms with E-state index in [1.165, 1.54) is 13.2 Å². The molecule has 2 aromatic carbocycles. The van der Waals surface area contributed by atoms with Gasteiger partial charge in [-0.1, -0.05) is 29.3 Å². The van der Waals surface area contributed by atoms with Gasteiger partial charge in [-0.15, -0.1) is 0 Å². The quantitative estimate of drug-likeness (QED) is 0.795. The minimum atomic E-state index is -0.564. The molecule has 6 nitrogen and oxygen atoms in total. The zero-order valence-corrected chi connectivity index (χ0v) is 14.1. The number of halogens is 2. The first-order chi connectivity index (χ1) is 11.5. The van der Waals surface area contributed by atoms with Crippen LogP contribution in [0.4, 0.5) is 0 Å². The second kappa shape index (κ2) is 8.42.